The molecule has 0 saturated heterocycles. The number of nitrogens with zero attached hydrogens (tertiary/aromatic N) is 2. The van der Waals surface area contributed by atoms with Crippen LogP contribution in [-0.4, -0.2) is 27.6 Å². The van der Waals surface area contributed by atoms with E-state index >= 15 is 0 Å². The Balaban J connectivity index is 1.59. The molecule has 6 heteroatoms. The fourth-order valence-electron chi connectivity index (χ4n) is 4.32. The second-order valence-corrected chi connectivity index (χ2v) is 7.87. The Kier molecular flexibility index (Phi) is 5.32. The first-order valence-electron chi connectivity index (χ1n) is 10.9. The molecular weight excluding hydrogens is 384 g/mol. The zero-order valence-electron chi connectivity index (χ0n) is 17.7. The predicted molar refractivity (Wildman–Crippen MR) is 127 cm³/mol. The summed E-state index contributed by atoms with van der Waals surface area (Å²) >= 11 is 0. The van der Waals surface area contributed by atoms with Crippen molar-refractivity contribution in [1.82, 2.24) is 25.2 Å². The van der Waals surface area contributed by atoms with Crippen LogP contribution in [0.1, 0.15) is 31.0 Å². The number of rotatable bonds is 7. The van der Waals surface area contributed by atoms with E-state index < -0.39 is 0 Å². The standard InChI is InChI=1S/C25H28N6/c1-2-27-13-7-12-21-30-23(24-25(26)28-14-15-31(21)24)20-16-18-10-6-11-19(22(18)29-20)17-8-4-3-5-9-17/h3-6,8-11,14-16,25,27-29H,2,7,12-13,26H2,1H3. The van der Waals surface area contributed by atoms with Gasteiger partial charge < -0.3 is 25.9 Å². The van der Waals surface area contributed by atoms with E-state index in [1.165, 1.54) is 16.5 Å². The molecule has 3 heterocycles. The number of nitrogens with one attached hydrogen (secondary N) is 3. The van der Waals surface area contributed by atoms with Crippen LogP contribution in [0.25, 0.3) is 39.6 Å². The van der Waals surface area contributed by atoms with Crippen LogP contribution in [0.5, 0.6) is 0 Å². The van der Waals surface area contributed by atoms with E-state index in [-0.39, 0.29) is 6.17 Å². The Morgan fingerprint density at radius 1 is 1.13 bits per heavy atom. The van der Waals surface area contributed by atoms with Crippen molar-refractivity contribution in [1.29, 1.82) is 0 Å². The van der Waals surface area contributed by atoms with Gasteiger partial charge in [-0.15, -0.1) is 0 Å². The van der Waals surface area contributed by atoms with Gasteiger partial charge in [-0.3, -0.25) is 0 Å². The largest absolute Gasteiger partial charge is 0.370 e. The molecule has 5 N–H and O–H groups in total. The summed E-state index contributed by atoms with van der Waals surface area (Å²) in [5, 5.41) is 7.77. The van der Waals surface area contributed by atoms with Gasteiger partial charge in [0.1, 0.15) is 17.7 Å². The second-order valence-electron chi connectivity index (χ2n) is 7.87. The maximum absolute atomic E-state index is 6.44. The highest BCUT2D eigenvalue weighted by Crippen LogP contribution is 2.34. The van der Waals surface area contributed by atoms with E-state index in [0.717, 1.165) is 54.4 Å². The molecule has 0 amide bonds. The monoisotopic (exact) mass is 412 g/mol. The van der Waals surface area contributed by atoms with Gasteiger partial charge in [-0.25, -0.2) is 4.98 Å². The van der Waals surface area contributed by atoms with Crippen LogP contribution < -0.4 is 16.4 Å². The number of aromatic amines is 1. The zero-order valence-corrected chi connectivity index (χ0v) is 17.7. The van der Waals surface area contributed by atoms with Gasteiger partial charge in [0.2, 0.25) is 0 Å². The number of nitrogens with two attached hydrogens (primary N) is 1. The summed E-state index contributed by atoms with van der Waals surface area (Å²) in [6.45, 7) is 4.09. The summed E-state index contributed by atoms with van der Waals surface area (Å²) in [6, 6.07) is 19.0. The molecule has 2 aromatic carbocycles. The van der Waals surface area contributed by atoms with Crippen molar-refractivity contribution in [2.75, 3.05) is 13.1 Å². The highest BCUT2D eigenvalue weighted by Gasteiger charge is 2.25. The van der Waals surface area contributed by atoms with Crippen LogP contribution in [0, 0.1) is 0 Å². The van der Waals surface area contributed by atoms with Gasteiger partial charge in [-0.05, 0) is 31.1 Å². The molecule has 0 fully saturated rings. The molecule has 6 nitrogen and oxygen atoms in total. The van der Waals surface area contributed by atoms with Crippen molar-refractivity contribution in [3.8, 4) is 22.5 Å². The van der Waals surface area contributed by atoms with Gasteiger partial charge in [-0.2, -0.15) is 0 Å². The van der Waals surface area contributed by atoms with Crippen molar-refractivity contribution in [3.63, 3.8) is 0 Å². The van der Waals surface area contributed by atoms with Crippen molar-refractivity contribution in [3.05, 3.63) is 72.3 Å². The van der Waals surface area contributed by atoms with E-state index in [0.29, 0.717) is 0 Å². The first-order chi connectivity index (χ1) is 15.3. The molecule has 1 atom stereocenters. The molecule has 2 aromatic heterocycles. The fourth-order valence-corrected chi connectivity index (χ4v) is 4.32. The molecule has 5 rings (SSSR count). The molecule has 1 unspecified atom stereocenters. The first-order valence-corrected chi connectivity index (χ1v) is 10.9. The maximum Gasteiger partial charge on any atom is 0.118 e. The first kappa shape index (κ1) is 19.6. The molecule has 0 aliphatic carbocycles. The Morgan fingerprint density at radius 2 is 2.00 bits per heavy atom. The molecule has 158 valence electrons. The predicted octanol–water partition coefficient (Wildman–Crippen LogP) is 4.23. The third-order valence-corrected chi connectivity index (χ3v) is 5.82. The SMILES string of the molecule is CCNCCCc1nc(-c2cc3cccc(-c4ccccc4)c3[nH]2)c2n1C=CNC2N. The third kappa shape index (κ3) is 3.65. The molecule has 0 radical (unpaired) electrons. The topological polar surface area (TPSA) is 83.7 Å². The third-order valence-electron chi connectivity index (χ3n) is 5.82. The van der Waals surface area contributed by atoms with Gasteiger partial charge >= 0.3 is 0 Å². The van der Waals surface area contributed by atoms with Crippen LogP contribution in [0.3, 0.4) is 0 Å². The molecule has 1 aliphatic heterocycles. The Hall–Kier alpha value is -3.35. The number of fused-ring (bicyclic) bond motifs is 2. The van der Waals surface area contributed by atoms with Crippen LogP contribution in [0.15, 0.2) is 60.8 Å². The van der Waals surface area contributed by atoms with Crippen molar-refractivity contribution < 1.29 is 0 Å². The summed E-state index contributed by atoms with van der Waals surface area (Å²) in [7, 11) is 0. The molecule has 0 saturated carbocycles. The summed E-state index contributed by atoms with van der Waals surface area (Å²) in [5.41, 5.74) is 12.8. The van der Waals surface area contributed by atoms with Crippen LogP contribution in [-0.2, 0) is 6.42 Å². The van der Waals surface area contributed by atoms with Crippen molar-refractivity contribution in [2.24, 2.45) is 5.73 Å². The Bertz CT molecular complexity index is 1220. The molecule has 4 aromatic rings. The molecule has 0 bridgehead atoms. The number of para-hydroxylation sites is 1. The smallest absolute Gasteiger partial charge is 0.118 e. The maximum atomic E-state index is 6.44. The lowest BCUT2D eigenvalue weighted by Gasteiger charge is -2.20. The number of imidazole rings is 1. The lowest BCUT2D eigenvalue weighted by Crippen LogP contribution is -2.30. The van der Waals surface area contributed by atoms with E-state index in [1.54, 1.807) is 0 Å². The number of aromatic nitrogens is 3. The van der Waals surface area contributed by atoms with Crippen molar-refractivity contribution >= 4 is 17.1 Å². The van der Waals surface area contributed by atoms with Gasteiger partial charge in [0.05, 0.1) is 16.9 Å². The summed E-state index contributed by atoms with van der Waals surface area (Å²) in [5.74, 6) is 1.04. The lowest BCUT2D eigenvalue weighted by atomic mass is 10.0. The normalized spacial score (nSPS) is 15.2. The minimum absolute atomic E-state index is 0.296. The Labute approximate surface area is 182 Å². The van der Waals surface area contributed by atoms with Crippen LogP contribution in [0.4, 0.5) is 0 Å². The van der Waals surface area contributed by atoms with Gasteiger partial charge in [0, 0.05) is 29.8 Å². The molecule has 0 spiro atoms. The van der Waals surface area contributed by atoms with E-state index in [4.69, 9.17) is 10.7 Å². The van der Waals surface area contributed by atoms with Crippen molar-refractivity contribution in [2.45, 2.75) is 25.9 Å². The highest BCUT2D eigenvalue weighted by molar-refractivity contribution is 5.97. The highest BCUT2D eigenvalue weighted by atomic mass is 15.2. The van der Waals surface area contributed by atoms with Crippen LogP contribution >= 0.6 is 0 Å². The minimum atomic E-state index is -0.296. The van der Waals surface area contributed by atoms with Crippen LogP contribution in [0.2, 0.25) is 0 Å². The summed E-state index contributed by atoms with van der Waals surface area (Å²) < 4.78 is 2.14. The van der Waals surface area contributed by atoms with Gasteiger partial charge in [0.25, 0.3) is 0 Å². The average molecular weight is 413 g/mol. The van der Waals surface area contributed by atoms with E-state index in [2.05, 4.69) is 75.6 Å². The van der Waals surface area contributed by atoms with E-state index in [1.807, 2.05) is 18.5 Å². The quantitative estimate of drug-likeness (QED) is 0.342. The fraction of sp³-hybridized carbons (Fsp3) is 0.240. The number of hydrogen-bond acceptors (Lipinski definition) is 4. The number of benzene rings is 2. The number of H-pyrrole nitrogens is 1. The lowest BCUT2D eigenvalue weighted by molar-refractivity contribution is 0.598. The minimum Gasteiger partial charge on any atom is -0.370 e. The number of hydrogen-bond donors (Lipinski definition) is 4. The van der Waals surface area contributed by atoms with Gasteiger partial charge in [0.15, 0.2) is 0 Å². The zero-order chi connectivity index (χ0) is 21.2. The number of aryl methyl sites for hydroxylation is 1. The van der Waals surface area contributed by atoms with E-state index in [9.17, 15) is 0 Å². The molecule has 1 aliphatic rings. The Morgan fingerprint density at radius 3 is 2.84 bits per heavy atom. The summed E-state index contributed by atoms with van der Waals surface area (Å²) in [6.07, 6.45) is 5.55. The van der Waals surface area contributed by atoms with Gasteiger partial charge in [-0.1, -0.05) is 55.5 Å². The summed E-state index contributed by atoms with van der Waals surface area (Å²) in [4.78, 5) is 8.68. The second kappa shape index (κ2) is 8.41. The molecule has 31 heavy (non-hydrogen) atoms. The molecular formula is C25H28N6. The average Bonchev–Trinajstić information content (AvgIpc) is 3.39.